The topological polar surface area (TPSA) is 66.5 Å². The molecule has 3 aromatic carbocycles. The van der Waals surface area contributed by atoms with Gasteiger partial charge < -0.3 is 5.32 Å². The predicted octanol–water partition coefficient (Wildman–Crippen LogP) is 5.09. The van der Waals surface area contributed by atoms with Crippen molar-refractivity contribution in [3.05, 3.63) is 95.6 Å². The maximum atomic E-state index is 13.3. The number of sulfonamides is 1. The fourth-order valence-corrected chi connectivity index (χ4v) is 4.66. The molecule has 0 heterocycles. The minimum atomic E-state index is -4.67. The average Bonchev–Trinajstić information content (AvgIpc) is 2.78. The highest BCUT2D eigenvalue weighted by Gasteiger charge is 2.33. The normalized spacial score (nSPS) is 12.8. The number of hydrogen-bond donors (Lipinski definition) is 1. The van der Waals surface area contributed by atoms with Gasteiger partial charge in [0, 0.05) is 0 Å². The summed E-state index contributed by atoms with van der Waals surface area (Å²) in [4.78, 5) is 12.7. The second-order valence-corrected chi connectivity index (χ2v) is 9.44. The number of halogens is 3. The van der Waals surface area contributed by atoms with Gasteiger partial charge in [0.15, 0.2) is 0 Å². The largest absolute Gasteiger partial charge is 0.416 e. The number of nitrogens with zero attached hydrogens (tertiary/aromatic N) is 1. The minimum Gasteiger partial charge on any atom is -0.348 e. The molecule has 0 aliphatic heterocycles. The molecule has 5 nitrogen and oxygen atoms in total. The molecule has 3 aromatic rings. The van der Waals surface area contributed by atoms with Gasteiger partial charge in [0.05, 0.1) is 22.2 Å². The van der Waals surface area contributed by atoms with Gasteiger partial charge in [-0.15, -0.1) is 0 Å². The summed E-state index contributed by atoms with van der Waals surface area (Å²) in [6.07, 6.45) is -4.67. The van der Waals surface area contributed by atoms with Gasteiger partial charge in [-0.2, -0.15) is 13.2 Å². The molecule has 0 unspecified atom stereocenters. The van der Waals surface area contributed by atoms with Crippen LogP contribution >= 0.6 is 0 Å². The van der Waals surface area contributed by atoms with Crippen molar-refractivity contribution in [1.82, 2.24) is 5.32 Å². The zero-order valence-electron chi connectivity index (χ0n) is 18.0. The lowest BCUT2D eigenvalue weighted by atomic mass is 10.1. The van der Waals surface area contributed by atoms with Crippen molar-refractivity contribution in [2.45, 2.75) is 31.0 Å². The maximum absolute atomic E-state index is 13.3. The molecular formula is C24H23F3N2O3S. The number of carbonyl (C=O) groups is 1. The van der Waals surface area contributed by atoms with Gasteiger partial charge in [-0.1, -0.05) is 54.1 Å². The SMILES string of the molecule is Cc1ccc([C@H](C)NC(=O)CN(c2cccc(C(F)(F)F)c2)S(=O)(=O)c2ccccc2)cc1. The Balaban J connectivity index is 1.94. The number of hydrogen-bond acceptors (Lipinski definition) is 3. The minimum absolute atomic E-state index is 0.137. The Labute approximate surface area is 190 Å². The van der Waals surface area contributed by atoms with Crippen molar-refractivity contribution in [2.75, 3.05) is 10.8 Å². The highest BCUT2D eigenvalue weighted by molar-refractivity contribution is 7.92. The molecule has 1 N–H and O–H groups in total. The zero-order chi connectivity index (χ0) is 24.2. The molecule has 1 atom stereocenters. The number of nitrogens with one attached hydrogen (secondary N) is 1. The van der Waals surface area contributed by atoms with E-state index in [1.54, 1.807) is 13.0 Å². The second kappa shape index (κ2) is 9.66. The van der Waals surface area contributed by atoms with Crippen LogP contribution < -0.4 is 9.62 Å². The van der Waals surface area contributed by atoms with Crippen LogP contribution in [0.2, 0.25) is 0 Å². The van der Waals surface area contributed by atoms with Gasteiger partial charge in [-0.05, 0) is 49.7 Å². The standard InChI is InChI=1S/C24H23F3N2O3S/c1-17-11-13-19(14-12-17)18(2)28-23(30)16-29(33(31,32)22-9-4-3-5-10-22)21-8-6-7-20(15-21)24(25,26)27/h3-15,18H,16H2,1-2H3,(H,28,30)/t18-/m0/s1. The van der Waals surface area contributed by atoms with E-state index >= 15 is 0 Å². The molecule has 174 valence electrons. The lowest BCUT2D eigenvalue weighted by molar-refractivity contribution is -0.137. The summed E-state index contributed by atoms with van der Waals surface area (Å²) in [5.74, 6) is -0.653. The van der Waals surface area contributed by atoms with Crippen LogP contribution in [-0.4, -0.2) is 20.9 Å². The lowest BCUT2D eigenvalue weighted by Crippen LogP contribution is -2.41. The first kappa shape index (κ1) is 24.3. The fraction of sp³-hybridized carbons (Fsp3) is 0.208. The Morgan fingerprint density at radius 1 is 0.970 bits per heavy atom. The Morgan fingerprint density at radius 2 is 1.61 bits per heavy atom. The van der Waals surface area contributed by atoms with Gasteiger partial charge in [-0.25, -0.2) is 8.42 Å². The molecule has 33 heavy (non-hydrogen) atoms. The van der Waals surface area contributed by atoms with Gasteiger partial charge in [-0.3, -0.25) is 9.10 Å². The average molecular weight is 477 g/mol. The third-order valence-electron chi connectivity index (χ3n) is 5.03. The van der Waals surface area contributed by atoms with Crippen LogP contribution in [0.1, 0.15) is 29.7 Å². The van der Waals surface area contributed by atoms with E-state index in [2.05, 4.69) is 5.32 Å². The van der Waals surface area contributed by atoms with Crippen LogP contribution in [0.25, 0.3) is 0 Å². The quantitative estimate of drug-likeness (QED) is 0.517. The molecule has 0 saturated carbocycles. The van der Waals surface area contributed by atoms with E-state index in [1.807, 2.05) is 31.2 Å². The van der Waals surface area contributed by atoms with Crippen LogP contribution in [0.3, 0.4) is 0 Å². The summed E-state index contributed by atoms with van der Waals surface area (Å²) < 4.78 is 67.0. The molecule has 0 aliphatic rings. The van der Waals surface area contributed by atoms with Crippen molar-refractivity contribution >= 4 is 21.6 Å². The van der Waals surface area contributed by atoms with Crippen LogP contribution in [0.5, 0.6) is 0 Å². The van der Waals surface area contributed by atoms with Gasteiger partial charge >= 0.3 is 6.18 Å². The highest BCUT2D eigenvalue weighted by Crippen LogP contribution is 2.33. The summed E-state index contributed by atoms with van der Waals surface area (Å²) in [6, 6.07) is 18.2. The molecule has 0 saturated heterocycles. The highest BCUT2D eigenvalue weighted by atomic mass is 32.2. The molecule has 1 amide bonds. The Kier molecular flexibility index (Phi) is 7.12. The first-order chi connectivity index (χ1) is 15.5. The Hall–Kier alpha value is -3.33. The van der Waals surface area contributed by atoms with Crippen molar-refractivity contribution in [2.24, 2.45) is 0 Å². The Morgan fingerprint density at radius 3 is 2.21 bits per heavy atom. The molecule has 0 spiro atoms. The van der Waals surface area contributed by atoms with Gasteiger partial charge in [0.25, 0.3) is 10.0 Å². The Bertz CT molecular complexity index is 1210. The van der Waals surface area contributed by atoms with Gasteiger partial charge in [0.2, 0.25) is 5.91 Å². The van der Waals surface area contributed by atoms with Crippen LogP contribution in [0.15, 0.2) is 83.8 Å². The fourth-order valence-electron chi connectivity index (χ4n) is 3.23. The summed E-state index contributed by atoms with van der Waals surface area (Å²) in [6.45, 7) is 2.98. The molecule has 0 fully saturated rings. The van der Waals surface area contributed by atoms with E-state index in [4.69, 9.17) is 0 Å². The first-order valence-electron chi connectivity index (χ1n) is 10.1. The zero-order valence-corrected chi connectivity index (χ0v) is 18.8. The third-order valence-corrected chi connectivity index (χ3v) is 6.82. The van der Waals surface area contributed by atoms with Gasteiger partial charge in [0.1, 0.15) is 6.54 Å². The van der Waals surface area contributed by atoms with Crippen molar-refractivity contribution in [3.8, 4) is 0 Å². The molecular weight excluding hydrogens is 453 g/mol. The number of rotatable bonds is 7. The summed E-state index contributed by atoms with van der Waals surface area (Å²) >= 11 is 0. The van der Waals surface area contributed by atoms with E-state index < -0.39 is 40.3 Å². The van der Waals surface area contributed by atoms with E-state index in [1.165, 1.54) is 30.3 Å². The molecule has 3 rings (SSSR count). The number of aryl methyl sites for hydroxylation is 1. The number of carbonyl (C=O) groups excluding carboxylic acids is 1. The first-order valence-corrected chi connectivity index (χ1v) is 11.5. The third kappa shape index (κ3) is 5.92. The molecule has 9 heteroatoms. The van der Waals surface area contributed by atoms with E-state index in [0.717, 1.165) is 29.3 Å². The monoisotopic (exact) mass is 476 g/mol. The second-order valence-electron chi connectivity index (χ2n) is 7.57. The van der Waals surface area contributed by atoms with Crippen LogP contribution in [-0.2, 0) is 21.0 Å². The number of benzene rings is 3. The lowest BCUT2D eigenvalue weighted by Gasteiger charge is -2.26. The molecule has 0 radical (unpaired) electrons. The predicted molar refractivity (Wildman–Crippen MR) is 120 cm³/mol. The summed E-state index contributed by atoms with van der Waals surface area (Å²) in [5.41, 5.74) is 0.584. The van der Waals surface area contributed by atoms with E-state index in [9.17, 15) is 26.4 Å². The molecule has 0 bridgehead atoms. The summed E-state index contributed by atoms with van der Waals surface area (Å²) in [5, 5.41) is 2.72. The van der Waals surface area contributed by atoms with Crippen molar-refractivity contribution in [3.63, 3.8) is 0 Å². The molecule has 0 aromatic heterocycles. The number of amides is 1. The molecule has 0 aliphatic carbocycles. The van der Waals surface area contributed by atoms with Crippen LogP contribution in [0, 0.1) is 6.92 Å². The van der Waals surface area contributed by atoms with Crippen molar-refractivity contribution in [1.29, 1.82) is 0 Å². The van der Waals surface area contributed by atoms with Crippen molar-refractivity contribution < 1.29 is 26.4 Å². The maximum Gasteiger partial charge on any atom is 0.416 e. The number of anilines is 1. The van der Waals surface area contributed by atoms with E-state index in [-0.39, 0.29) is 10.6 Å². The smallest absolute Gasteiger partial charge is 0.348 e. The summed E-state index contributed by atoms with van der Waals surface area (Å²) in [7, 11) is -4.31. The van der Waals surface area contributed by atoms with E-state index in [0.29, 0.717) is 4.31 Å². The number of alkyl halides is 3. The van der Waals surface area contributed by atoms with Crippen LogP contribution in [0.4, 0.5) is 18.9 Å².